The molecule has 25 heavy (non-hydrogen) atoms. The summed E-state index contributed by atoms with van der Waals surface area (Å²) in [5.41, 5.74) is 2.66. The number of amides is 1. The van der Waals surface area contributed by atoms with Gasteiger partial charge in [0.05, 0.1) is 22.5 Å². The van der Waals surface area contributed by atoms with Gasteiger partial charge in [0.2, 0.25) is 5.91 Å². The second kappa shape index (κ2) is 6.98. The maximum Gasteiger partial charge on any atom is 0.252 e. The van der Waals surface area contributed by atoms with Crippen molar-refractivity contribution in [2.45, 2.75) is 33.2 Å². The fourth-order valence-corrected chi connectivity index (χ4v) is 2.89. The van der Waals surface area contributed by atoms with Crippen molar-refractivity contribution in [3.63, 3.8) is 0 Å². The number of rotatable bonds is 4. The highest BCUT2D eigenvalue weighted by molar-refractivity contribution is 6.42. The Labute approximate surface area is 155 Å². The van der Waals surface area contributed by atoms with Gasteiger partial charge in [0, 0.05) is 11.4 Å². The highest BCUT2D eigenvalue weighted by atomic mass is 35.5. The SMILES string of the molecule is Cc1cc(C)n2nc(CC(=O)NC(C)c3ccc(Cl)c(Cl)c3)nc2n1. The monoisotopic (exact) mass is 377 g/mol. The molecule has 1 amide bonds. The normalized spacial score (nSPS) is 12.4. The van der Waals surface area contributed by atoms with Crippen molar-refractivity contribution < 1.29 is 4.79 Å². The zero-order valence-electron chi connectivity index (χ0n) is 14.0. The smallest absolute Gasteiger partial charge is 0.252 e. The van der Waals surface area contributed by atoms with Crippen molar-refractivity contribution in [1.29, 1.82) is 0 Å². The number of nitrogens with one attached hydrogen (secondary N) is 1. The van der Waals surface area contributed by atoms with Crippen molar-refractivity contribution in [1.82, 2.24) is 24.9 Å². The van der Waals surface area contributed by atoms with Gasteiger partial charge in [0.25, 0.3) is 5.78 Å². The van der Waals surface area contributed by atoms with Gasteiger partial charge in [-0.05, 0) is 44.5 Å². The van der Waals surface area contributed by atoms with E-state index in [9.17, 15) is 4.79 Å². The molecule has 3 rings (SSSR count). The number of benzene rings is 1. The molecule has 0 aliphatic heterocycles. The van der Waals surface area contributed by atoms with E-state index in [1.165, 1.54) is 0 Å². The Hall–Kier alpha value is -2.18. The second-order valence-electron chi connectivity index (χ2n) is 5.92. The Morgan fingerprint density at radius 2 is 1.96 bits per heavy atom. The summed E-state index contributed by atoms with van der Waals surface area (Å²) >= 11 is 11.9. The maximum absolute atomic E-state index is 12.3. The molecule has 0 fully saturated rings. The van der Waals surface area contributed by atoms with E-state index in [1.807, 2.05) is 32.9 Å². The molecule has 130 valence electrons. The van der Waals surface area contributed by atoms with Crippen LogP contribution in [0.15, 0.2) is 24.3 Å². The molecule has 1 unspecified atom stereocenters. The zero-order valence-corrected chi connectivity index (χ0v) is 15.6. The molecule has 6 nitrogen and oxygen atoms in total. The van der Waals surface area contributed by atoms with Crippen molar-refractivity contribution >= 4 is 34.9 Å². The van der Waals surface area contributed by atoms with Gasteiger partial charge < -0.3 is 5.32 Å². The van der Waals surface area contributed by atoms with Crippen LogP contribution in [0.4, 0.5) is 0 Å². The fourth-order valence-electron chi connectivity index (χ4n) is 2.58. The third-order valence-corrected chi connectivity index (χ3v) is 4.54. The van der Waals surface area contributed by atoms with Crippen molar-refractivity contribution in [2.24, 2.45) is 0 Å². The lowest BCUT2D eigenvalue weighted by molar-refractivity contribution is -0.121. The summed E-state index contributed by atoms with van der Waals surface area (Å²) in [4.78, 5) is 20.9. The van der Waals surface area contributed by atoms with Crippen LogP contribution >= 0.6 is 23.2 Å². The zero-order chi connectivity index (χ0) is 18.1. The first kappa shape index (κ1) is 17.6. The lowest BCUT2D eigenvalue weighted by Gasteiger charge is -2.14. The summed E-state index contributed by atoms with van der Waals surface area (Å²) < 4.78 is 1.64. The molecular weight excluding hydrogens is 361 g/mol. The number of carbonyl (C=O) groups excluding carboxylic acids is 1. The quantitative estimate of drug-likeness (QED) is 0.755. The molecule has 0 bridgehead atoms. The van der Waals surface area contributed by atoms with E-state index in [0.717, 1.165) is 17.0 Å². The lowest BCUT2D eigenvalue weighted by atomic mass is 10.1. The van der Waals surface area contributed by atoms with Gasteiger partial charge in [-0.2, -0.15) is 4.98 Å². The molecule has 1 atom stereocenters. The van der Waals surface area contributed by atoms with Crippen molar-refractivity contribution in [3.8, 4) is 0 Å². The highest BCUT2D eigenvalue weighted by Gasteiger charge is 2.15. The van der Waals surface area contributed by atoms with Crippen molar-refractivity contribution in [3.05, 3.63) is 57.1 Å². The van der Waals surface area contributed by atoms with E-state index in [2.05, 4.69) is 20.4 Å². The number of aromatic nitrogens is 4. The number of halogens is 2. The molecule has 8 heteroatoms. The largest absolute Gasteiger partial charge is 0.349 e. The van der Waals surface area contributed by atoms with Crippen molar-refractivity contribution in [2.75, 3.05) is 0 Å². The van der Waals surface area contributed by atoms with Gasteiger partial charge in [-0.1, -0.05) is 29.3 Å². The minimum absolute atomic E-state index is 0.0769. The second-order valence-corrected chi connectivity index (χ2v) is 6.73. The van der Waals surface area contributed by atoms with Crippen LogP contribution in [0.2, 0.25) is 10.0 Å². The van der Waals surface area contributed by atoms with Crippen LogP contribution in [0.5, 0.6) is 0 Å². The molecule has 3 aromatic rings. The van der Waals surface area contributed by atoms with Crippen LogP contribution in [-0.2, 0) is 11.2 Å². The molecule has 0 aliphatic rings. The first-order valence-corrected chi connectivity index (χ1v) is 8.53. The summed E-state index contributed by atoms with van der Waals surface area (Å²) in [6, 6.07) is 6.99. The Morgan fingerprint density at radius 3 is 2.68 bits per heavy atom. The van der Waals surface area contributed by atoms with Crippen LogP contribution in [0.3, 0.4) is 0 Å². The van der Waals surface area contributed by atoms with Gasteiger partial charge in [0.1, 0.15) is 0 Å². The van der Waals surface area contributed by atoms with E-state index in [1.54, 1.807) is 16.6 Å². The van der Waals surface area contributed by atoms with Crippen LogP contribution < -0.4 is 5.32 Å². The number of nitrogens with zero attached hydrogens (tertiary/aromatic N) is 4. The average molecular weight is 378 g/mol. The molecule has 1 N–H and O–H groups in total. The predicted octanol–water partition coefficient (Wildman–Crippen LogP) is 3.47. The number of hydrogen-bond donors (Lipinski definition) is 1. The number of aryl methyl sites for hydroxylation is 2. The van der Waals surface area contributed by atoms with E-state index < -0.39 is 0 Å². The predicted molar refractivity (Wildman–Crippen MR) is 97.0 cm³/mol. The first-order chi connectivity index (χ1) is 11.8. The lowest BCUT2D eigenvalue weighted by Crippen LogP contribution is -2.28. The van der Waals surface area contributed by atoms with Crippen LogP contribution in [0, 0.1) is 13.8 Å². The van der Waals surface area contributed by atoms with Crippen LogP contribution in [0.25, 0.3) is 5.78 Å². The summed E-state index contributed by atoms with van der Waals surface area (Å²) in [6.45, 7) is 5.70. The van der Waals surface area contributed by atoms with Crippen LogP contribution in [-0.4, -0.2) is 25.5 Å². The summed E-state index contributed by atoms with van der Waals surface area (Å²) in [6.07, 6.45) is 0.0769. The highest BCUT2D eigenvalue weighted by Crippen LogP contribution is 2.25. The molecule has 2 aromatic heterocycles. The van der Waals surface area contributed by atoms with Gasteiger partial charge in [-0.3, -0.25) is 4.79 Å². The summed E-state index contributed by atoms with van der Waals surface area (Å²) in [5.74, 6) is 0.752. The minimum atomic E-state index is -0.207. The molecule has 0 aliphatic carbocycles. The molecule has 1 aromatic carbocycles. The summed E-state index contributed by atoms with van der Waals surface area (Å²) in [7, 11) is 0. The fraction of sp³-hybridized carbons (Fsp3) is 0.294. The van der Waals surface area contributed by atoms with E-state index >= 15 is 0 Å². The van der Waals surface area contributed by atoms with Gasteiger partial charge in [0.15, 0.2) is 5.82 Å². The third kappa shape index (κ3) is 3.91. The number of hydrogen-bond acceptors (Lipinski definition) is 4. The Kier molecular flexibility index (Phi) is 4.92. The van der Waals surface area contributed by atoms with Gasteiger partial charge in [-0.15, -0.1) is 5.10 Å². The Bertz CT molecular complexity index is 954. The minimum Gasteiger partial charge on any atom is -0.349 e. The topological polar surface area (TPSA) is 72.2 Å². The summed E-state index contributed by atoms with van der Waals surface area (Å²) in [5, 5.41) is 8.19. The van der Waals surface area contributed by atoms with E-state index in [4.69, 9.17) is 23.2 Å². The number of carbonyl (C=O) groups is 1. The molecule has 0 spiro atoms. The molecular formula is C17H17Cl2N5O. The van der Waals surface area contributed by atoms with E-state index in [0.29, 0.717) is 21.6 Å². The average Bonchev–Trinajstić information content (AvgIpc) is 2.92. The van der Waals surface area contributed by atoms with Crippen LogP contribution in [0.1, 0.15) is 35.7 Å². The molecule has 0 radical (unpaired) electrons. The van der Waals surface area contributed by atoms with E-state index in [-0.39, 0.29) is 18.4 Å². The van der Waals surface area contributed by atoms with Gasteiger partial charge >= 0.3 is 0 Å². The van der Waals surface area contributed by atoms with Gasteiger partial charge in [-0.25, -0.2) is 9.50 Å². The standard InChI is InChI=1S/C17H17Cl2N5O/c1-9-6-10(2)24-17(20-9)22-15(23-24)8-16(25)21-11(3)12-4-5-13(18)14(19)7-12/h4-7,11H,8H2,1-3H3,(H,21,25). The Balaban J connectivity index is 1.71. The maximum atomic E-state index is 12.3. The molecule has 0 saturated carbocycles. The molecule has 2 heterocycles. The third-order valence-electron chi connectivity index (χ3n) is 3.80. The Morgan fingerprint density at radius 1 is 1.20 bits per heavy atom. The first-order valence-electron chi connectivity index (χ1n) is 7.77. The molecule has 0 saturated heterocycles. The number of fused-ring (bicyclic) bond motifs is 1.